The maximum absolute atomic E-state index is 11.8. The first kappa shape index (κ1) is 14.9. The Bertz CT molecular complexity index is 456. The molecule has 1 rings (SSSR count). The van der Waals surface area contributed by atoms with Crippen LogP contribution in [-0.4, -0.2) is 18.7 Å². The van der Waals surface area contributed by atoms with Gasteiger partial charge in [-0.15, -0.1) is 0 Å². The highest BCUT2D eigenvalue weighted by Gasteiger charge is 2.16. The van der Waals surface area contributed by atoms with E-state index >= 15 is 0 Å². The molecule has 0 radical (unpaired) electrons. The molecule has 100 valence electrons. The Morgan fingerprint density at radius 2 is 1.89 bits per heavy atom. The van der Waals surface area contributed by atoms with Crippen molar-refractivity contribution in [2.75, 3.05) is 12.4 Å². The quantitative estimate of drug-likeness (QED) is 0.867. The lowest BCUT2D eigenvalue weighted by molar-refractivity contribution is 0.243. The average molecular weight is 291 g/mol. The molecule has 0 bridgehead atoms. The first-order chi connectivity index (χ1) is 8.23. The van der Waals surface area contributed by atoms with Crippen molar-refractivity contribution in [2.24, 2.45) is 0 Å². The summed E-state index contributed by atoms with van der Waals surface area (Å²) in [5.74, 6) is 0.380. The summed E-state index contributed by atoms with van der Waals surface area (Å²) < 4.78 is 5.13. The molecule has 0 atom stereocenters. The summed E-state index contributed by atoms with van der Waals surface area (Å²) in [6.45, 7) is 5.65. The van der Waals surface area contributed by atoms with Crippen molar-refractivity contribution in [1.82, 2.24) is 5.32 Å². The van der Waals surface area contributed by atoms with Crippen LogP contribution in [0.3, 0.4) is 0 Å². The van der Waals surface area contributed by atoms with E-state index in [1.807, 2.05) is 20.8 Å². The van der Waals surface area contributed by atoms with Gasteiger partial charge < -0.3 is 15.4 Å². The van der Waals surface area contributed by atoms with Crippen LogP contribution in [-0.2, 0) is 0 Å². The Morgan fingerprint density at radius 1 is 1.28 bits per heavy atom. The van der Waals surface area contributed by atoms with E-state index in [0.29, 0.717) is 21.5 Å². The van der Waals surface area contributed by atoms with E-state index in [4.69, 9.17) is 27.9 Å². The number of halogens is 2. The monoisotopic (exact) mass is 290 g/mol. The number of amides is 2. The molecule has 0 saturated heterocycles. The van der Waals surface area contributed by atoms with Gasteiger partial charge in [-0.3, -0.25) is 0 Å². The zero-order valence-electron chi connectivity index (χ0n) is 10.7. The minimum Gasteiger partial charge on any atom is -0.493 e. The molecule has 0 unspecified atom stereocenters. The Balaban J connectivity index is 2.93. The second kappa shape index (κ2) is 5.67. The third-order valence-electron chi connectivity index (χ3n) is 1.95. The summed E-state index contributed by atoms with van der Waals surface area (Å²) in [5, 5.41) is 6.19. The summed E-state index contributed by atoms with van der Waals surface area (Å²) in [6.07, 6.45) is 0. The largest absolute Gasteiger partial charge is 0.493 e. The molecule has 0 aliphatic carbocycles. The summed E-state index contributed by atoms with van der Waals surface area (Å²) >= 11 is 11.9. The number of rotatable bonds is 2. The molecule has 6 heteroatoms. The molecule has 18 heavy (non-hydrogen) atoms. The van der Waals surface area contributed by atoms with E-state index in [-0.39, 0.29) is 11.6 Å². The van der Waals surface area contributed by atoms with Crippen molar-refractivity contribution in [2.45, 2.75) is 26.3 Å². The molecule has 0 saturated carbocycles. The van der Waals surface area contributed by atoms with E-state index < -0.39 is 0 Å². The number of ether oxygens (including phenoxy) is 1. The van der Waals surface area contributed by atoms with Crippen LogP contribution in [0.2, 0.25) is 10.0 Å². The van der Waals surface area contributed by atoms with Gasteiger partial charge >= 0.3 is 6.03 Å². The fourth-order valence-corrected chi connectivity index (χ4v) is 1.93. The van der Waals surface area contributed by atoms with E-state index in [0.717, 1.165) is 0 Å². The van der Waals surface area contributed by atoms with Crippen LogP contribution in [0.4, 0.5) is 10.5 Å². The van der Waals surface area contributed by atoms with E-state index in [9.17, 15) is 4.79 Å². The van der Waals surface area contributed by atoms with Gasteiger partial charge in [0.1, 0.15) is 0 Å². The van der Waals surface area contributed by atoms with Gasteiger partial charge in [0.2, 0.25) is 0 Å². The molecule has 1 aromatic rings. The maximum atomic E-state index is 11.8. The lowest BCUT2D eigenvalue weighted by atomic mass is 10.1. The Labute approximate surface area is 117 Å². The van der Waals surface area contributed by atoms with E-state index in [1.54, 1.807) is 12.1 Å². The molecule has 0 spiro atoms. The van der Waals surface area contributed by atoms with Crippen LogP contribution in [0.1, 0.15) is 20.8 Å². The Kier molecular flexibility index (Phi) is 4.71. The molecule has 0 aromatic heterocycles. The van der Waals surface area contributed by atoms with Gasteiger partial charge in [0, 0.05) is 10.6 Å². The number of carbonyl (C=O) groups excluding carboxylic acids is 1. The third-order valence-corrected chi connectivity index (χ3v) is 2.45. The number of urea groups is 1. The highest BCUT2D eigenvalue weighted by Crippen LogP contribution is 2.35. The molecule has 0 heterocycles. The molecular weight excluding hydrogens is 275 g/mol. The van der Waals surface area contributed by atoms with Gasteiger partial charge in [0.15, 0.2) is 5.75 Å². The molecule has 1 aromatic carbocycles. The van der Waals surface area contributed by atoms with Crippen molar-refractivity contribution in [1.29, 1.82) is 0 Å². The van der Waals surface area contributed by atoms with Gasteiger partial charge in [-0.2, -0.15) is 0 Å². The summed E-state index contributed by atoms with van der Waals surface area (Å²) in [6, 6.07) is 2.78. The van der Waals surface area contributed by atoms with Crippen LogP contribution in [0, 0.1) is 0 Å². The van der Waals surface area contributed by atoms with Crippen LogP contribution in [0.25, 0.3) is 0 Å². The minimum atomic E-state index is -0.348. The Hall–Kier alpha value is -1.13. The van der Waals surface area contributed by atoms with Gasteiger partial charge in [-0.05, 0) is 32.9 Å². The van der Waals surface area contributed by atoms with Gasteiger partial charge in [-0.25, -0.2) is 4.79 Å². The van der Waals surface area contributed by atoms with Gasteiger partial charge in [-0.1, -0.05) is 23.2 Å². The van der Waals surface area contributed by atoms with Crippen molar-refractivity contribution in [3.05, 3.63) is 22.2 Å². The van der Waals surface area contributed by atoms with Crippen LogP contribution in [0.5, 0.6) is 5.75 Å². The maximum Gasteiger partial charge on any atom is 0.319 e. The van der Waals surface area contributed by atoms with Gasteiger partial charge in [0.05, 0.1) is 17.8 Å². The number of nitrogens with one attached hydrogen (secondary N) is 2. The molecule has 0 aliphatic heterocycles. The number of methoxy groups -OCH3 is 1. The number of carbonyl (C=O) groups is 1. The summed E-state index contributed by atoms with van der Waals surface area (Å²) in [4.78, 5) is 11.8. The predicted octanol–water partition coefficient (Wildman–Crippen LogP) is 3.92. The second-order valence-corrected chi connectivity index (χ2v) is 5.64. The fraction of sp³-hybridized carbons (Fsp3) is 0.417. The Morgan fingerprint density at radius 3 is 2.39 bits per heavy atom. The summed E-state index contributed by atoms with van der Waals surface area (Å²) in [7, 11) is 1.47. The van der Waals surface area contributed by atoms with Crippen LogP contribution >= 0.6 is 23.2 Å². The van der Waals surface area contributed by atoms with Crippen molar-refractivity contribution in [3.8, 4) is 5.75 Å². The summed E-state index contributed by atoms with van der Waals surface area (Å²) in [5.41, 5.74) is 0.0939. The first-order valence-corrected chi connectivity index (χ1v) is 6.11. The first-order valence-electron chi connectivity index (χ1n) is 5.35. The number of benzene rings is 1. The van der Waals surface area contributed by atoms with E-state index in [1.165, 1.54) is 7.11 Å². The van der Waals surface area contributed by atoms with Crippen molar-refractivity contribution < 1.29 is 9.53 Å². The smallest absolute Gasteiger partial charge is 0.319 e. The number of hydrogen-bond acceptors (Lipinski definition) is 2. The molecule has 0 fully saturated rings. The number of anilines is 1. The molecular formula is C12H16Cl2N2O2. The van der Waals surface area contributed by atoms with Crippen molar-refractivity contribution >= 4 is 34.9 Å². The molecule has 2 amide bonds. The predicted molar refractivity (Wildman–Crippen MR) is 74.9 cm³/mol. The highest BCUT2D eigenvalue weighted by atomic mass is 35.5. The zero-order chi connectivity index (χ0) is 13.9. The average Bonchev–Trinajstić information content (AvgIpc) is 2.13. The third kappa shape index (κ3) is 4.27. The van der Waals surface area contributed by atoms with Crippen molar-refractivity contribution in [3.63, 3.8) is 0 Å². The topological polar surface area (TPSA) is 50.4 Å². The highest BCUT2D eigenvalue weighted by molar-refractivity contribution is 6.36. The lowest BCUT2D eigenvalue weighted by Gasteiger charge is -2.21. The molecule has 0 aliphatic rings. The fourth-order valence-electron chi connectivity index (χ4n) is 1.35. The molecule has 4 nitrogen and oxygen atoms in total. The van der Waals surface area contributed by atoms with Gasteiger partial charge in [0.25, 0.3) is 0 Å². The van der Waals surface area contributed by atoms with E-state index in [2.05, 4.69) is 10.6 Å². The SMILES string of the molecule is COc1c(Cl)cc(Cl)cc1NC(=O)NC(C)(C)C. The molecule has 2 N–H and O–H groups in total. The minimum absolute atomic E-state index is 0.334. The lowest BCUT2D eigenvalue weighted by Crippen LogP contribution is -2.43. The zero-order valence-corrected chi connectivity index (χ0v) is 12.2. The standard InChI is InChI=1S/C12H16Cl2N2O2/c1-12(2,3)16-11(17)15-9-6-7(13)5-8(14)10(9)18-4/h5-6H,1-4H3,(H2,15,16,17). The van der Waals surface area contributed by atoms with Crippen LogP contribution in [0.15, 0.2) is 12.1 Å². The van der Waals surface area contributed by atoms with Crippen LogP contribution < -0.4 is 15.4 Å². The normalized spacial score (nSPS) is 11.0. The number of hydrogen-bond donors (Lipinski definition) is 2. The second-order valence-electron chi connectivity index (χ2n) is 4.80.